The van der Waals surface area contributed by atoms with Gasteiger partial charge in [-0.1, -0.05) is 13.8 Å². The normalized spacial score (nSPS) is 20.2. The van der Waals surface area contributed by atoms with E-state index in [2.05, 4.69) is 13.8 Å². The van der Waals surface area contributed by atoms with Crippen LogP contribution in [0.25, 0.3) is 0 Å². The second kappa shape index (κ2) is 5.57. The molecule has 1 aromatic carbocycles. The van der Waals surface area contributed by atoms with Gasteiger partial charge in [-0.15, -0.1) is 0 Å². The van der Waals surface area contributed by atoms with Gasteiger partial charge in [0.15, 0.2) is 0 Å². The highest BCUT2D eigenvalue weighted by atomic mass is 32.2. The number of nitrogen functional groups attached to an aromatic ring is 1. The van der Waals surface area contributed by atoms with E-state index in [0.717, 1.165) is 19.3 Å². The molecule has 0 radical (unpaired) electrons. The van der Waals surface area contributed by atoms with Gasteiger partial charge in [0.05, 0.1) is 10.6 Å². The van der Waals surface area contributed by atoms with Gasteiger partial charge in [-0.3, -0.25) is 0 Å². The summed E-state index contributed by atoms with van der Waals surface area (Å²) < 4.78 is 40.5. The van der Waals surface area contributed by atoms with Gasteiger partial charge in [-0.25, -0.2) is 12.8 Å². The molecule has 0 bridgehead atoms. The van der Waals surface area contributed by atoms with Crippen molar-refractivity contribution in [3.05, 3.63) is 23.5 Å². The minimum atomic E-state index is -3.61. The Kier molecular flexibility index (Phi) is 4.31. The van der Waals surface area contributed by atoms with Crippen molar-refractivity contribution in [3.63, 3.8) is 0 Å². The molecule has 0 aromatic heterocycles. The third-order valence-corrected chi connectivity index (χ3v) is 6.07. The molecule has 1 heterocycles. The number of sulfonamides is 1. The molecule has 0 atom stereocenters. The molecule has 2 N–H and O–H groups in total. The molecule has 0 unspecified atom stereocenters. The van der Waals surface area contributed by atoms with Crippen LogP contribution in [0.15, 0.2) is 17.0 Å². The Balaban J connectivity index is 2.34. The van der Waals surface area contributed by atoms with Crippen molar-refractivity contribution in [2.75, 3.05) is 18.8 Å². The lowest BCUT2D eigenvalue weighted by atomic mass is 9.85. The van der Waals surface area contributed by atoms with Crippen molar-refractivity contribution in [3.8, 4) is 0 Å². The maximum Gasteiger partial charge on any atom is 0.243 e. The molecule has 1 saturated heterocycles. The van der Waals surface area contributed by atoms with Gasteiger partial charge in [0.2, 0.25) is 10.0 Å². The minimum Gasteiger partial charge on any atom is -0.396 e. The molecule has 6 heteroatoms. The number of halogens is 1. The van der Waals surface area contributed by atoms with Gasteiger partial charge in [-0.05, 0) is 49.3 Å². The first kappa shape index (κ1) is 16.2. The summed E-state index contributed by atoms with van der Waals surface area (Å²) >= 11 is 0. The number of hydrogen-bond acceptors (Lipinski definition) is 3. The minimum absolute atomic E-state index is 0.0820. The maximum absolute atomic E-state index is 13.6. The Labute approximate surface area is 126 Å². The summed E-state index contributed by atoms with van der Waals surface area (Å²) in [6, 6.07) is 2.57. The monoisotopic (exact) mass is 314 g/mol. The Morgan fingerprint density at radius 2 is 1.90 bits per heavy atom. The van der Waals surface area contributed by atoms with Crippen LogP contribution in [0.2, 0.25) is 0 Å². The maximum atomic E-state index is 13.6. The number of hydrogen-bond donors (Lipinski definition) is 1. The van der Waals surface area contributed by atoms with Crippen molar-refractivity contribution >= 4 is 15.7 Å². The zero-order valence-electron chi connectivity index (χ0n) is 12.8. The van der Waals surface area contributed by atoms with E-state index in [1.165, 1.54) is 23.4 Å². The van der Waals surface area contributed by atoms with Gasteiger partial charge >= 0.3 is 0 Å². The van der Waals surface area contributed by atoms with Crippen molar-refractivity contribution in [2.24, 2.45) is 5.41 Å². The van der Waals surface area contributed by atoms with E-state index in [0.29, 0.717) is 13.1 Å². The number of anilines is 1. The number of benzene rings is 1. The summed E-state index contributed by atoms with van der Waals surface area (Å²) in [5, 5.41) is 0. The van der Waals surface area contributed by atoms with Crippen LogP contribution >= 0.6 is 0 Å². The SMILES string of the molecule is Cc1cc(S(=O)(=O)N2CCCC(C)(C)CC2)cc(N)c1F. The number of rotatable bonds is 2. The molecule has 1 fully saturated rings. The fraction of sp³-hybridized carbons (Fsp3) is 0.600. The van der Waals surface area contributed by atoms with Crippen LogP contribution in [-0.4, -0.2) is 25.8 Å². The summed E-state index contributed by atoms with van der Waals surface area (Å²) in [6.07, 6.45) is 2.66. The molecule has 0 aliphatic carbocycles. The van der Waals surface area contributed by atoms with E-state index in [-0.39, 0.29) is 21.6 Å². The molecule has 0 amide bonds. The van der Waals surface area contributed by atoms with Crippen LogP contribution in [0, 0.1) is 18.2 Å². The Hall–Kier alpha value is -1.14. The fourth-order valence-corrected chi connectivity index (χ4v) is 4.30. The van der Waals surface area contributed by atoms with E-state index >= 15 is 0 Å². The van der Waals surface area contributed by atoms with E-state index in [1.807, 2.05) is 0 Å². The summed E-state index contributed by atoms with van der Waals surface area (Å²) in [7, 11) is -3.61. The van der Waals surface area contributed by atoms with Crippen molar-refractivity contribution in [2.45, 2.75) is 44.9 Å². The highest BCUT2D eigenvalue weighted by Crippen LogP contribution is 2.32. The Bertz CT molecular complexity index is 618. The summed E-state index contributed by atoms with van der Waals surface area (Å²) in [6.45, 7) is 6.83. The topological polar surface area (TPSA) is 63.4 Å². The highest BCUT2D eigenvalue weighted by molar-refractivity contribution is 7.89. The van der Waals surface area contributed by atoms with Crippen LogP contribution in [0.5, 0.6) is 0 Å². The quantitative estimate of drug-likeness (QED) is 0.854. The molecule has 1 aromatic rings. The van der Waals surface area contributed by atoms with Crippen LogP contribution < -0.4 is 5.73 Å². The Morgan fingerprint density at radius 3 is 2.52 bits per heavy atom. The predicted octanol–water partition coefficient (Wildman–Crippen LogP) is 2.92. The van der Waals surface area contributed by atoms with Crippen LogP contribution in [-0.2, 0) is 10.0 Å². The van der Waals surface area contributed by atoms with Gasteiger partial charge in [-0.2, -0.15) is 4.31 Å². The van der Waals surface area contributed by atoms with Crippen LogP contribution in [0.3, 0.4) is 0 Å². The van der Waals surface area contributed by atoms with E-state index in [9.17, 15) is 12.8 Å². The van der Waals surface area contributed by atoms with Gasteiger partial charge in [0.25, 0.3) is 0 Å². The second-order valence-electron chi connectivity index (χ2n) is 6.57. The number of nitrogens with zero attached hydrogens (tertiary/aromatic N) is 1. The molecule has 2 rings (SSSR count). The highest BCUT2D eigenvalue weighted by Gasteiger charge is 2.31. The first-order valence-corrected chi connectivity index (χ1v) is 8.63. The fourth-order valence-electron chi connectivity index (χ4n) is 2.70. The third-order valence-electron chi connectivity index (χ3n) is 4.19. The van der Waals surface area contributed by atoms with Gasteiger partial charge < -0.3 is 5.73 Å². The average molecular weight is 314 g/mol. The lowest BCUT2D eigenvalue weighted by molar-refractivity contribution is 0.315. The van der Waals surface area contributed by atoms with Gasteiger partial charge in [0, 0.05) is 13.1 Å². The number of nitrogens with two attached hydrogens (primary N) is 1. The summed E-state index contributed by atoms with van der Waals surface area (Å²) in [5.74, 6) is -0.550. The smallest absolute Gasteiger partial charge is 0.243 e. The van der Waals surface area contributed by atoms with Crippen molar-refractivity contribution < 1.29 is 12.8 Å². The van der Waals surface area contributed by atoms with Gasteiger partial charge in [0.1, 0.15) is 5.82 Å². The van der Waals surface area contributed by atoms with Crippen molar-refractivity contribution in [1.82, 2.24) is 4.31 Å². The third kappa shape index (κ3) is 3.37. The van der Waals surface area contributed by atoms with E-state index < -0.39 is 15.8 Å². The standard InChI is InChI=1S/C15H23FN2O2S/c1-11-9-12(10-13(17)14(11)16)21(19,20)18-7-4-5-15(2,3)6-8-18/h9-10H,4-8,17H2,1-3H3. The lowest BCUT2D eigenvalue weighted by Gasteiger charge is -2.23. The largest absolute Gasteiger partial charge is 0.396 e. The van der Waals surface area contributed by atoms with E-state index in [1.54, 1.807) is 0 Å². The molecule has 0 spiro atoms. The molecule has 118 valence electrons. The molecule has 0 saturated carbocycles. The van der Waals surface area contributed by atoms with Crippen LogP contribution in [0.1, 0.15) is 38.7 Å². The zero-order valence-corrected chi connectivity index (χ0v) is 13.6. The molecule has 1 aliphatic rings. The molecule has 21 heavy (non-hydrogen) atoms. The molecular formula is C15H23FN2O2S. The molecule has 1 aliphatic heterocycles. The lowest BCUT2D eigenvalue weighted by Crippen LogP contribution is -2.32. The zero-order chi connectivity index (χ0) is 15.8. The Morgan fingerprint density at radius 1 is 1.24 bits per heavy atom. The van der Waals surface area contributed by atoms with Crippen LogP contribution in [0.4, 0.5) is 10.1 Å². The first-order valence-electron chi connectivity index (χ1n) is 7.19. The molecule has 4 nitrogen and oxygen atoms in total. The predicted molar refractivity (Wildman–Crippen MR) is 81.9 cm³/mol. The van der Waals surface area contributed by atoms with E-state index in [4.69, 9.17) is 5.73 Å². The summed E-state index contributed by atoms with van der Waals surface area (Å²) in [5.41, 5.74) is 5.85. The first-order chi connectivity index (χ1) is 9.63. The average Bonchev–Trinajstić information content (AvgIpc) is 2.56. The molecular weight excluding hydrogens is 291 g/mol. The van der Waals surface area contributed by atoms with Crippen molar-refractivity contribution in [1.29, 1.82) is 0 Å². The second-order valence-corrected chi connectivity index (χ2v) is 8.50. The summed E-state index contributed by atoms with van der Waals surface area (Å²) in [4.78, 5) is 0.0820. The number of aryl methyl sites for hydroxylation is 1.